The number of hydrogen-bond acceptors (Lipinski definition) is 5. The highest BCUT2D eigenvalue weighted by atomic mass is 32.2. The van der Waals surface area contributed by atoms with Crippen LogP contribution in [0.2, 0.25) is 0 Å². The van der Waals surface area contributed by atoms with E-state index in [9.17, 15) is 4.79 Å². The molecule has 0 bridgehead atoms. The third-order valence-corrected chi connectivity index (χ3v) is 5.85. The van der Waals surface area contributed by atoms with Crippen LogP contribution in [0, 0.1) is 0 Å². The molecule has 7 heteroatoms. The normalized spacial score (nSPS) is 10.7. The third kappa shape index (κ3) is 5.86. The Labute approximate surface area is 182 Å². The molecule has 0 fully saturated rings. The summed E-state index contributed by atoms with van der Waals surface area (Å²) < 4.78 is 1.95. The van der Waals surface area contributed by atoms with Crippen molar-refractivity contribution in [3.8, 4) is 5.69 Å². The molecular weight excluding hydrogens is 394 g/mol. The van der Waals surface area contributed by atoms with Crippen molar-refractivity contribution >= 4 is 23.4 Å². The van der Waals surface area contributed by atoms with Gasteiger partial charge in [-0.25, -0.2) is 0 Å². The summed E-state index contributed by atoms with van der Waals surface area (Å²) in [5.74, 6) is 0.337. The number of para-hydroxylation sites is 2. The number of nitrogens with one attached hydrogen (secondary N) is 1. The fraction of sp³-hybridized carbons (Fsp3) is 0.348. The zero-order valence-electron chi connectivity index (χ0n) is 17.6. The second-order valence-electron chi connectivity index (χ2n) is 6.87. The molecule has 0 saturated heterocycles. The van der Waals surface area contributed by atoms with Crippen LogP contribution in [0.1, 0.15) is 25.8 Å². The number of hydrogen-bond donors (Lipinski definition) is 1. The molecule has 0 spiro atoms. The Hall–Kier alpha value is -2.80. The first-order valence-electron chi connectivity index (χ1n) is 10.4. The van der Waals surface area contributed by atoms with Crippen LogP contribution in [0.4, 0.5) is 5.69 Å². The van der Waals surface area contributed by atoms with E-state index in [0.29, 0.717) is 12.3 Å². The summed E-state index contributed by atoms with van der Waals surface area (Å²) in [5, 5.41) is 12.0. The predicted molar refractivity (Wildman–Crippen MR) is 123 cm³/mol. The van der Waals surface area contributed by atoms with Gasteiger partial charge in [-0.15, -0.1) is 10.2 Å². The van der Waals surface area contributed by atoms with E-state index in [4.69, 9.17) is 0 Å². The van der Waals surface area contributed by atoms with Crippen molar-refractivity contribution < 1.29 is 4.79 Å². The molecule has 158 valence electrons. The monoisotopic (exact) mass is 423 g/mol. The number of aromatic nitrogens is 3. The number of rotatable bonds is 11. The van der Waals surface area contributed by atoms with Gasteiger partial charge in [-0.2, -0.15) is 0 Å². The Kier molecular flexibility index (Phi) is 8.32. The number of benzene rings is 2. The average molecular weight is 424 g/mol. The topological polar surface area (TPSA) is 63.1 Å². The SMILES string of the molecule is CCc1ccccc1-n1cnnc1SCC(=O)NCCCN(CC)c1ccccc1. The van der Waals surface area contributed by atoms with Gasteiger partial charge in [0.05, 0.1) is 11.4 Å². The lowest BCUT2D eigenvalue weighted by atomic mass is 10.1. The van der Waals surface area contributed by atoms with Gasteiger partial charge in [0, 0.05) is 25.3 Å². The summed E-state index contributed by atoms with van der Waals surface area (Å²) in [6, 6.07) is 18.6. The van der Waals surface area contributed by atoms with Crippen LogP contribution in [0.3, 0.4) is 0 Å². The largest absolute Gasteiger partial charge is 0.372 e. The molecule has 1 amide bonds. The van der Waals surface area contributed by atoms with Gasteiger partial charge < -0.3 is 10.2 Å². The summed E-state index contributed by atoms with van der Waals surface area (Å²) >= 11 is 1.41. The molecule has 3 aromatic rings. The zero-order valence-corrected chi connectivity index (χ0v) is 18.4. The average Bonchev–Trinajstić information content (AvgIpc) is 3.26. The van der Waals surface area contributed by atoms with Crippen LogP contribution in [0.5, 0.6) is 0 Å². The molecule has 0 atom stereocenters. The Morgan fingerprint density at radius 2 is 1.87 bits per heavy atom. The summed E-state index contributed by atoms with van der Waals surface area (Å²) in [7, 11) is 0. The van der Waals surface area contributed by atoms with Crippen molar-refractivity contribution in [2.75, 3.05) is 30.3 Å². The minimum atomic E-state index is 0.0149. The first-order valence-corrected chi connectivity index (χ1v) is 11.4. The number of amides is 1. The number of carbonyl (C=O) groups is 1. The minimum absolute atomic E-state index is 0.0149. The van der Waals surface area contributed by atoms with Crippen molar-refractivity contribution in [1.82, 2.24) is 20.1 Å². The molecule has 0 radical (unpaired) electrons. The number of carbonyl (C=O) groups excluding carboxylic acids is 1. The van der Waals surface area contributed by atoms with Crippen molar-refractivity contribution in [3.05, 3.63) is 66.5 Å². The summed E-state index contributed by atoms with van der Waals surface area (Å²) in [6.07, 6.45) is 3.54. The van der Waals surface area contributed by atoms with E-state index in [-0.39, 0.29) is 5.91 Å². The molecule has 6 nitrogen and oxygen atoms in total. The van der Waals surface area contributed by atoms with Gasteiger partial charge in [0.25, 0.3) is 0 Å². The number of nitrogens with zero attached hydrogens (tertiary/aromatic N) is 4. The molecule has 3 rings (SSSR count). The van der Waals surface area contributed by atoms with Gasteiger partial charge in [-0.1, -0.05) is 55.1 Å². The molecular formula is C23H29N5OS. The van der Waals surface area contributed by atoms with Gasteiger partial charge >= 0.3 is 0 Å². The van der Waals surface area contributed by atoms with Gasteiger partial charge in [-0.3, -0.25) is 9.36 Å². The van der Waals surface area contributed by atoms with Crippen LogP contribution < -0.4 is 10.2 Å². The quantitative estimate of drug-likeness (QED) is 0.374. The van der Waals surface area contributed by atoms with Crippen LogP contribution in [-0.4, -0.2) is 46.1 Å². The summed E-state index contributed by atoms with van der Waals surface area (Å²) in [4.78, 5) is 14.6. The van der Waals surface area contributed by atoms with E-state index in [2.05, 4.69) is 70.7 Å². The Morgan fingerprint density at radius 3 is 2.63 bits per heavy atom. The lowest BCUT2D eigenvalue weighted by Gasteiger charge is -2.23. The standard InChI is InChI=1S/C23H29N5OS/c1-3-19-11-8-9-14-21(19)28-18-25-26-23(28)30-17-22(29)24-15-10-16-27(4-2)20-12-6-5-7-13-20/h5-9,11-14,18H,3-4,10,15-17H2,1-2H3,(H,24,29). The van der Waals surface area contributed by atoms with Gasteiger partial charge in [0.2, 0.25) is 5.91 Å². The fourth-order valence-electron chi connectivity index (χ4n) is 3.32. The van der Waals surface area contributed by atoms with E-state index in [1.165, 1.54) is 23.0 Å². The van der Waals surface area contributed by atoms with E-state index >= 15 is 0 Å². The highest BCUT2D eigenvalue weighted by Gasteiger charge is 2.12. The first-order chi connectivity index (χ1) is 14.7. The third-order valence-electron chi connectivity index (χ3n) is 4.91. The lowest BCUT2D eigenvalue weighted by Crippen LogP contribution is -2.30. The van der Waals surface area contributed by atoms with Crippen molar-refractivity contribution in [2.45, 2.75) is 31.8 Å². The number of anilines is 1. The Bertz CT molecular complexity index is 928. The maximum Gasteiger partial charge on any atom is 0.230 e. The molecule has 0 aliphatic carbocycles. The van der Waals surface area contributed by atoms with Crippen molar-refractivity contribution in [1.29, 1.82) is 0 Å². The molecule has 0 aliphatic rings. The molecule has 1 heterocycles. The minimum Gasteiger partial charge on any atom is -0.372 e. The van der Waals surface area contributed by atoms with E-state index in [1.807, 2.05) is 22.8 Å². The lowest BCUT2D eigenvalue weighted by molar-refractivity contribution is -0.118. The Balaban J connectivity index is 1.45. The second-order valence-corrected chi connectivity index (χ2v) is 7.82. The molecule has 0 unspecified atom stereocenters. The van der Waals surface area contributed by atoms with Crippen LogP contribution in [-0.2, 0) is 11.2 Å². The van der Waals surface area contributed by atoms with Crippen molar-refractivity contribution in [3.63, 3.8) is 0 Å². The van der Waals surface area contributed by atoms with Crippen LogP contribution >= 0.6 is 11.8 Å². The molecule has 1 aromatic heterocycles. The van der Waals surface area contributed by atoms with Gasteiger partial charge in [-0.05, 0) is 43.5 Å². The highest BCUT2D eigenvalue weighted by molar-refractivity contribution is 7.99. The highest BCUT2D eigenvalue weighted by Crippen LogP contribution is 2.22. The maximum atomic E-state index is 12.3. The predicted octanol–water partition coefficient (Wildman–Crippen LogP) is 3.95. The number of aryl methyl sites for hydroxylation is 1. The van der Waals surface area contributed by atoms with Crippen LogP contribution in [0.15, 0.2) is 66.1 Å². The molecule has 1 N–H and O–H groups in total. The second kappa shape index (κ2) is 11.4. The van der Waals surface area contributed by atoms with Gasteiger partial charge in [0.1, 0.15) is 6.33 Å². The van der Waals surface area contributed by atoms with Crippen LogP contribution in [0.25, 0.3) is 5.69 Å². The molecule has 2 aromatic carbocycles. The van der Waals surface area contributed by atoms with E-state index in [1.54, 1.807) is 6.33 Å². The van der Waals surface area contributed by atoms with Crippen molar-refractivity contribution in [2.24, 2.45) is 0 Å². The smallest absolute Gasteiger partial charge is 0.230 e. The molecule has 0 aliphatic heterocycles. The molecule has 0 saturated carbocycles. The summed E-state index contributed by atoms with van der Waals surface area (Å²) in [5.41, 5.74) is 3.50. The van der Waals surface area contributed by atoms with E-state index in [0.717, 1.165) is 36.8 Å². The number of thioether (sulfide) groups is 1. The first kappa shape index (κ1) is 21.9. The summed E-state index contributed by atoms with van der Waals surface area (Å²) in [6.45, 7) is 6.79. The maximum absolute atomic E-state index is 12.3. The molecule has 30 heavy (non-hydrogen) atoms. The fourth-order valence-corrected chi connectivity index (χ4v) is 4.07. The zero-order chi connectivity index (χ0) is 21.2. The van der Waals surface area contributed by atoms with E-state index < -0.39 is 0 Å². The Morgan fingerprint density at radius 1 is 1.10 bits per heavy atom. The van der Waals surface area contributed by atoms with Gasteiger partial charge in [0.15, 0.2) is 5.16 Å².